The van der Waals surface area contributed by atoms with Crippen LogP contribution < -0.4 is 4.74 Å². The molecule has 2 rings (SSSR count). The summed E-state index contributed by atoms with van der Waals surface area (Å²) >= 11 is 0. The first kappa shape index (κ1) is 18.6. The van der Waals surface area contributed by atoms with E-state index < -0.39 is 23.8 Å². The fourth-order valence-corrected chi connectivity index (χ4v) is 2.52. The Labute approximate surface area is 144 Å². The van der Waals surface area contributed by atoms with E-state index in [9.17, 15) is 19.2 Å². The van der Waals surface area contributed by atoms with E-state index in [0.29, 0.717) is 11.3 Å². The number of carbonyl (C=O) groups excluding carboxylic acids is 3. The normalized spacial score (nSPS) is 17.5. The van der Waals surface area contributed by atoms with Crippen molar-refractivity contribution in [1.29, 1.82) is 0 Å². The number of nitrogens with zero attached hydrogens (tertiary/aromatic N) is 1. The van der Waals surface area contributed by atoms with Crippen molar-refractivity contribution in [1.82, 2.24) is 4.90 Å². The van der Waals surface area contributed by atoms with Crippen molar-refractivity contribution in [2.45, 2.75) is 25.7 Å². The van der Waals surface area contributed by atoms with E-state index in [2.05, 4.69) is 0 Å². The van der Waals surface area contributed by atoms with Crippen molar-refractivity contribution in [3.05, 3.63) is 29.8 Å². The molecular formula is C17H19NO7. The number of likely N-dealkylation sites (tertiary alicyclic amines) is 1. The van der Waals surface area contributed by atoms with Gasteiger partial charge in [0, 0.05) is 6.42 Å². The number of hydrogen-bond donors (Lipinski definition) is 1. The topological polar surface area (TPSA) is 110 Å². The molecule has 1 aliphatic rings. The minimum atomic E-state index is -1.55. The summed E-state index contributed by atoms with van der Waals surface area (Å²) in [6.07, 6.45) is -1.26. The lowest BCUT2D eigenvalue weighted by Gasteiger charge is -2.27. The Kier molecular flexibility index (Phi) is 6.24. The number of amides is 3. The molecule has 1 unspecified atom stereocenters. The molecule has 1 saturated heterocycles. The molecule has 1 atom stereocenters. The molecule has 134 valence electrons. The Morgan fingerprint density at radius 3 is 2.48 bits per heavy atom. The predicted molar refractivity (Wildman–Crippen MR) is 85.3 cm³/mol. The molecule has 8 heteroatoms. The first-order valence-electron chi connectivity index (χ1n) is 7.80. The molecule has 1 N–H and O–H groups in total. The Balaban J connectivity index is 1.93. The number of rotatable bonds is 7. The van der Waals surface area contributed by atoms with Gasteiger partial charge in [0.15, 0.2) is 5.78 Å². The summed E-state index contributed by atoms with van der Waals surface area (Å²) in [4.78, 5) is 45.8. The van der Waals surface area contributed by atoms with Crippen LogP contribution in [0.2, 0.25) is 0 Å². The van der Waals surface area contributed by atoms with E-state index in [1.165, 1.54) is 6.92 Å². The Morgan fingerprint density at radius 2 is 1.88 bits per heavy atom. The third-order valence-corrected chi connectivity index (χ3v) is 3.69. The molecule has 1 heterocycles. The Bertz CT molecular complexity index is 668. The van der Waals surface area contributed by atoms with Crippen LogP contribution in [0.25, 0.3) is 0 Å². The summed E-state index contributed by atoms with van der Waals surface area (Å²) in [5.41, 5.74) is 0.629. The average Bonchev–Trinajstić information content (AvgIpc) is 2.55. The molecule has 0 bridgehead atoms. The summed E-state index contributed by atoms with van der Waals surface area (Å²) in [6.45, 7) is 2.03. The number of imide groups is 3. The largest absolute Gasteiger partial charge is 0.491 e. The molecule has 25 heavy (non-hydrogen) atoms. The summed E-state index contributed by atoms with van der Waals surface area (Å²) < 4.78 is 10.5. The molecule has 1 aromatic rings. The van der Waals surface area contributed by atoms with Gasteiger partial charge < -0.3 is 14.6 Å². The molecule has 8 nitrogen and oxygen atoms in total. The van der Waals surface area contributed by atoms with Gasteiger partial charge in [0.25, 0.3) is 0 Å². The smallest absolute Gasteiger partial charge is 0.421 e. The van der Waals surface area contributed by atoms with E-state index in [1.54, 1.807) is 24.3 Å². The molecule has 0 radical (unpaired) electrons. The highest BCUT2D eigenvalue weighted by molar-refractivity contribution is 6.11. The number of piperidine rings is 1. The van der Waals surface area contributed by atoms with Crippen LogP contribution >= 0.6 is 0 Å². The van der Waals surface area contributed by atoms with Gasteiger partial charge in [-0.3, -0.25) is 14.4 Å². The van der Waals surface area contributed by atoms with Crippen molar-refractivity contribution in [3.8, 4) is 5.75 Å². The minimum Gasteiger partial charge on any atom is -0.491 e. The van der Waals surface area contributed by atoms with E-state index >= 15 is 0 Å². The van der Waals surface area contributed by atoms with Gasteiger partial charge in [0.1, 0.15) is 19.0 Å². The van der Waals surface area contributed by atoms with Crippen LogP contribution in [-0.4, -0.2) is 53.5 Å². The van der Waals surface area contributed by atoms with Gasteiger partial charge in [-0.05, 0) is 31.0 Å². The fraction of sp³-hybridized carbons (Fsp3) is 0.412. The quantitative estimate of drug-likeness (QED) is 0.588. The molecule has 3 amide bonds. The van der Waals surface area contributed by atoms with Crippen LogP contribution in [0.3, 0.4) is 0 Å². The molecule has 0 saturated carbocycles. The van der Waals surface area contributed by atoms with Crippen molar-refractivity contribution < 1.29 is 33.8 Å². The second-order valence-corrected chi connectivity index (χ2v) is 5.61. The van der Waals surface area contributed by atoms with E-state index in [1.807, 2.05) is 0 Å². The highest BCUT2D eigenvalue weighted by Crippen LogP contribution is 2.30. The van der Waals surface area contributed by atoms with Gasteiger partial charge in [0.2, 0.25) is 11.8 Å². The standard InChI is InChI=1S/C17H19NO7/c1-11(19)10-24-8-9-25-13-4-2-12(3-5-13)14-6-7-15(20)18(16(14)21)17(22)23/h2-5,14H,6-10H2,1H3,(H,22,23). The van der Waals surface area contributed by atoms with Crippen LogP contribution in [-0.2, 0) is 19.1 Å². The second-order valence-electron chi connectivity index (χ2n) is 5.61. The maximum Gasteiger partial charge on any atom is 0.421 e. The lowest BCUT2D eigenvalue weighted by atomic mass is 9.89. The van der Waals surface area contributed by atoms with Crippen LogP contribution in [0.15, 0.2) is 24.3 Å². The van der Waals surface area contributed by atoms with E-state index in [-0.39, 0.29) is 43.3 Å². The number of carbonyl (C=O) groups is 4. The lowest BCUT2D eigenvalue weighted by Crippen LogP contribution is -2.47. The summed E-state index contributed by atoms with van der Waals surface area (Å²) in [6, 6.07) is 6.67. The zero-order chi connectivity index (χ0) is 18.4. The number of ketones is 1. The summed E-state index contributed by atoms with van der Waals surface area (Å²) in [7, 11) is 0. The molecule has 0 aromatic heterocycles. The van der Waals surface area contributed by atoms with Crippen LogP contribution in [0.1, 0.15) is 31.2 Å². The number of hydrogen-bond acceptors (Lipinski definition) is 6. The summed E-state index contributed by atoms with van der Waals surface area (Å²) in [5.74, 6) is -1.59. The third kappa shape index (κ3) is 4.87. The molecule has 0 aliphatic carbocycles. The lowest BCUT2D eigenvalue weighted by molar-refractivity contribution is -0.146. The number of benzene rings is 1. The van der Waals surface area contributed by atoms with Gasteiger partial charge in [0.05, 0.1) is 12.5 Å². The first-order chi connectivity index (χ1) is 11.9. The third-order valence-electron chi connectivity index (χ3n) is 3.69. The first-order valence-corrected chi connectivity index (χ1v) is 7.80. The SMILES string of the molecule is CC(=O)COCCOc1ccc(C2CCC(=O)N(C(=O)O)C2=O)cc1. The number of carboxylic acid groups (broad SMARTS) is 1. The van der Waals surface area contributed by atoms with E-state index in [0.717, 1.165) is 0 Å². The number of Topliss-reactive ketones (excluding diaryl/α,β-unsaturated/α-hetero) is 1. The Morgan fingerprint density at radius 1 is 1.20 bits per heavy atom. The van der Waals surface area contributed by atoms with Gasteiger partial charge in [-0.15, -0.1) is 0 Å². The highest BCUT2D eigenvalue weighted by Gasteiger charge is 2.39. The monoisotopic (exact) mass is 349 g/mol. The van der Waals surface area contributed by atoms with Crippen LogP contribution in [0, 0.1) is 0 Å². The average molecular weight is 349 g/mol. The van der Waals surface area contributed by atoms with Crippen molar-refractivity contribution in [2.24, 2.45) is 0 Å². The maximum absolute atomic E-state index is 12.2. The van der Waals surface area contributed by atoms with Crippen molar-refractivity contribution in [2.75, 3.05) is 19.8 Å². The van der Waals surface area contributed by atoms with E-state index in [4.69, 9.17) is 14.6 Å². The molecule has 0 spiro atoms. The van der Waals surface area contributed by atoms with Crippen molar-refractivity contribution >= 4 is 23.7 Å². The molecular weight excluding hydrogens is 330 g/mol. The minimum absolute atomic E-state index is 0.00838. The summed E-state index contributed by atoms with van der Waals surface area (Å²) in [5, 5.41) is 8.99. The predicted octanol–water partition coefficient (Wildman–Crippen LogP) is 1.58. The van der Waals surface area contributed by atoms with Crippen LogP contribution in [0.4, 0.5) is 4.79 Å². The maximum atomic E-state index is 12.2. The van der Waals surface area contributed by atoms with Gasteiger partial charge in [-0.25, -0.2) is 4.79 Å². The van der Waals surface area contributed by atoms with Gasteiger partial charge >= 0.3 is 6.09 Å². The number of ether oxygens (including phenoxy) is 2. The zero-order valence-corrected chi connectivity index (χ0v) is 13.8. The second kappa shape index (κ2) is 8.39. The molecule has 1 fully saturated rings. The van der Waals surface area contributed by atoms with Crippen molar-refractivity contribution in [3.63, 3.8) is 0 Å². The Hall–Kier alpha value is -2.74. The van der Waals surface area contributed by atoms with Gasteiger partial charge in [-0.2, -0.15) is 4.90 Å². The zero-order valence-electron chi connectivity index (χ0n) is 13.8. The molecule has 1 aliphatic heterocycles. The molecule has 1 aromatic carbocycles. The fourth-order valence-electron chi connectivity index (χ4n) is 2.52. The van der Waals surface area contributed by atoms with Crippen LogP contribution in [0.5, 0.6) is 5.75 Å². The van der Waals surface area contributed by atoms with Gasteiger partial charge in [-0.1, -0.05) is 12.1 Å². The highest BCUT2D eigenvalue weighted by atomic mass is 16.5.